The smallest absolute Gasteiger partial charge is 0.379 e. The van der Waals surface area contributed by atoms with Crippen molar-refractivity contribution in [1.29, 1.82) is 0 Å². The highest BCUT2D eigenvalue weighted by Crippen LogP contribution is 2.34. The number of aliphatic hydroxyl groups is 1. The van der Waals surface area contributed by atoms with E-state index in [1.807, 2.05) is 0 Å². The van der Waals surface area contributed by atoms with Gasteiger partial charge >= 0.3 is 6.18 Å². The molecule has 1 aromatic carbocycles. The van der Waals surface area contributed by atoms with Gasteiger partial charge in [-0.3, -0.25) is 0 Å². The maximum atomic E-state index is 12.1. The van der Waals surface area contributed by atoms with Crippen LogP contribution >= 0.6 is 27.5 Å². The number of alkyl halides is 3. The Morgan fingerprint density at radius 1 is 1.36 bits per heavy atom. The van der Waals surface area contributed by atoms with Crippen LogP contribution in [0.15, 0.2) is 22.7 Å². The molecule has 0 radical (unpaired) electrons. The maximum Gasteiger partial charge on any atom is 0.418 e. The van der Waals surface area contributed by atoms with Crippen molar-refractivity contribution < 1.29 is 18.3 Å². The molecule has 0 saturated carbocycles. The Hall–Kier alpha value is -0.260. The van der Waals surface area contributed by atoms with Crippen LogP contribution in [0.1, 0.15) is 11.7 Å². The standard InChI is InChI=1S/C8H5BrClF3O/c9-5-3-4(1-2-6(5)10)7(14)8(11,12)13/h1-3,7,14H/t7-/m1/s1. The highest BCUT2D eigenvalue weighted by molar-refractivity contribution is 9.10. The third-order valence-electron chi connectivity index (χ3n) is 1.57. The Morgan fingerprint density at radius 3 is 2.36 bits per heavy atom. The lowest BCUT2D eigenvalue weighted by Crippen LogP contribution is -2.20. The third kappa shape index (κ3) is 2.62. The highest BCUT2D eigenvalue weighted by atomic mass is 79.9. The molecule has 0 spiro atoms. The molecule has 0 aliphatic rings. The van der Waals surface area contributed by atoms with Crippen LogP contribution in [-0.4, -0.2) is 11.3 Å². The number of hydrogen-bond donors (Lipinski definition) is 1. The molecule has 0 aromatic heterocycles. The van der Waals surface area contributed by atoms with Crippen molar-refractivity contribution in [1.82, 2.24) is 0 Å². The lowest BCUT2D eigenvalue weighted by molar-refractivity contribution is -0.206. The van der Waals surface area contributed by atoms with Crippen LogP contribution in [0.4, 0.5) is 13.2 Å². The summed E-state index contributed by atoms with van der Waals surface area (Å²) in [6, 6.07) is 3.56. The van der Waals surface area contributed by atoms with E-state index in [0.29, 0.717) is 9.50 Å². The van der Waals surface area contributed by atoms with Crippen molar-refractivity contribution in [2.24, 2.45) is 0 Å². The molecule has 0 unspecified atom stereocenters. The summed E-state index contributed by atoms with van der Waals surface area (Å²) in [5, 5.41) is 9.18. The Kier molecular flexibility index (Phi) is 3.44. The Balaban J connectivity index is 3.03. The van der Waals surface area contributed by atoms with E-state index >= 15 is 0 Å². The van der Waals surface area contributed by atoms with Crippen molar-refractivity contribution >= 4 is 27.5 Å². The first-order valence-corrected chi connectivity index (χ1v) is 4.69. The van der Waals surface area contributed by atoms with Crippen LogP contribution in [0.2, 0.25) is 5.02 Å². The van der Waals surface area contributed by atoms with Crippen molar-refractivity contribution in [3.05, 3.63) is 33.3 Å². The van der Waals surface area contributed by atoms with Gasteiger partial charge in [-0.05, 0) is 33.6 Å². The van der Waals surface area contributed by atoms with E-state index in [1.165, 1.54) is 6.07 Å². The van der Waals surface area contributed by atoms with E-state index in [-0.39, 0.29) is 5.56 Å². The largest absolute Gasteiger partial charge is 0.418 e. The Morgan fingerprint density at radius 2 is 1.93 bits per heavy atom. The summed E-state index contributed by atoms with van der Waals surface area (Å²) in [4.78, 5) is 0. The summed E-state index contributed by atoms with van der Waals surface area (Å²) in [6.45, 7) is 0. The van der Waals surface area contributed by atoms with Crippen molar-refractivity contribution in [3.8, 4) is 0 Å². The van der Waals surface area contributed by atoms with E-state index < -0.39 is 12.3 Å². The Labute approximate surface area is 91.6 Å². The molecule has 1 atom stereocenters. The lowest BCUT2D eigenvalue weighted by Gasteiger charge is -2.15. The van der Waals surface area contributed by atoms with Crippen LogP contribution in [0, 0.1) is 0 Å². The molecular formula is C8H5BrClF3O. The van der Waals surface area contributed by atoms with Crippen LogP contribution in [-0.2, 0) is 0 Å². The molecule has 0 fully saturated rings. The van der Waals surface area contributed by atoms with E-state index in [4.69, 9.17) is 16.7 Å². The molecule has 1 rings (SSSR count). The zero-order valence-electron chi connectivity index (χ0n) is 6.65. The molecule has 78 valence electrons. The molecule has 1 aromatic rings. The average molecular weight is 289 g/mol. The molecular weight excluding hydrogens is 284 g/mol. The van der Waals surface area contributed by atoms with Gasteiger partial charge in [0.25, 0.3) is 0 Å². The number of hydrogen-bond acceptors (Lipinski definition) is 1. The van der Waals surface area contributed by atoms with Gasteiger partial charge in [0.1, 0.15) is 0 Å². The second-order valence-corrected chi connectivity index (χ2v) is 3.88. The molecule has 0 saturated heterocycles. The van der Waals surface area contributed by atoms with Gasteiger partial charge in [-0.1, -0.05) is 17.7 Å². The molecule has 1 N–H and O–H groups in total. The lowest BCUT2D eigenvalue weighted by atomic mass is 10.1. The first-order chi connectivity index (χ1) is 6.32. The van der Waals surface area contributed by atoms with Gasteiger partial charge in [0.2, 0.25) is 0 Å². The molecule has 6 heteroatoms. The molecule has 0 amide bonds. The fourth-order valence-electron chi connectivity index (χ4n) is 0.871. The van der Waals surface area contributed by atoms with E-state index in [2.05, 4.69) is 15.9 Å². The topological polar surface area (TPSA) is 20.2 Å². The summed E-state index contributed by atoms with van der Waals surface area (Å²) in [5.41, 5.74) is -0.242. The summed E-state index contributed by atoms with van der Waals surface area (Å²) in [5.74, 6) is 0. The normalized spacial score (nSPS) is 14.1. The minimum absolute atomic E-state index is 0.242. The van der Waals surface area contributed by atoms with E-state index in [0.717, 1.165) is 12.1 Å². The van der Waals surface area contributed by atoms with Crippen molar-refractivity contribution in [3.63, 3.8) is 0 Å². The molecule has 0 aliphatic heterocycles. The third-order valence-corrected chi connectivity index (χ3v) is 2.78. The van der Waals surface area contributed by atoms with E-state index in [1.54, 1.807) is 0 Å². The fourth-order valence-corrected chi connectivity index (χ4v) is 1.39. The Bertz CT molecular complexity index is 340. The molecule has 1 nitrogen and oxygen atoms in total. The second kappa shape index (κ2) is 4.08. The highest BCUT2D eigenvalue weighted by Gasteiger charge is 2.39. The predicted molar refractivity (Wildman–Crippen MR) is 50.2 cm³/mol. The van der Waals surface area contributed by atoms with Crippen LogP contribution in [0.5, 0.6) is 0 Å². The second-order valence-electron chi connectivity index (χ2n) is 2.62. The summed E-state index contributed by atoms with van der Waals surface area (Å²) < 4.78 is 36.5. The minimum Gasteiger partial charge on any atom is -0.379 e. The monoisotopic (exact) mass is 288 g/mol. The summed E-state index contributed by atoms with van der Waals surface area (Å²) in [6.07, 6.45) is -7.14. The zero-order valence-corrected chi connectivity index (χ0v) is 8.99. The van der Waals surface area contributed by atoms with Gasteiger partial charge in [-0.25, -0.2) is 0 Å². The maximum absolute atomic E-state index is 12.1. The van der Waals surface area contributed by atoms with Crippen LogP contribution < -0.4 is 0 Å². The number of halogens is 5. The quantitative estimate of drug-likeness (QED) is 0.836. The minimum atomic E-state index is -4.66. The van der Waals surface area contributed by atoms with Crippen molar-refractivity contribution in [2.45, 2.75) is 12.3 Å². The first-order valence-electron chi connectivity index (χ1n) is 3.52. The van der Waals surface area contributed by atoms with Crippen LogP contribution in [0.3, 0.4) is 0 Å². The summed E-state index contributed by atoms with van der Waals surface area (Å²) >= 11 is 8.56. The van der Waals surface area contributed by atoms with Gasteiger partial charge in [0.05, 0.1) is 5.02 Å². The SMILES string of the molecule is O[C@H](c1ccc(Cl)c(Br)c1)C(F)(F)F. The van der Waals surface area contributed by atoms with Crippen molar-refractivity contribution in [2.75, 3.05) is 0 Å². The first kappa shape index (κ1) is 11.8. The predicted octanol–water partition coefficient (Wildman–Crippen LogP) is 3.70. The molecule has 0 bridgehead atoms. The van der Waals surface area contributed by atoms with Crippen LogP contribution in [0.25, 0.3) is 0 Å². The van der Waals surface area contributed by atoms with Gasteiger partial charge < -0.3 is 5.11 Å². The number of rotatable bonds is 1. The van der Waals surface area contributed by atoms with Gasteiger partial charge in [-0.2, -0.15) is 13.2 Å². The molecule has 0 heterocycles. The molecule has 0 aliphatic carbocycles. The fraction of sp³-hybridized carbons (Fsp3) is 0.250. The average Bonchev–Trinajstić information content (AvgIpc) is 2.07. The summed E-state index contributed by atoms with van der Waals surface area (Å²) in [7, 11) is 0. The zero-order chi connectivity index (χ0) is 10.9. The van der Waals surface area contributed by atoms with Gasteiger partial charge in [-0.15, -0.1) is 0 Å². The number of benzene rings is 1. The van der Waals surface area contributed by atoms with E-state index in [9.17, 15) is 13.2 Å². The van der Waals surface area contributed by atoms with Gasteiger partial charge in [0.15, 0.2) is 6.10 Å². The van der Waals surface area contributed by atoms with Gasteiger partial charge in [0, 0.05) is 4.47 Å². The molecule has 14 heavy (non-hydrogen) atoms. The number of aliphatic hydroxyl groups excluding tert-OH is 1.